The summed E-state index contributed by atoms with van der Waals surface area (Å²) < 4.78 is 0. The van der Waals surface area contributed by atoms with Crippen LogP contribution < -0.4 is 9.80 Å². The Hall–Kier alpha value is -6.12. The maximum absolute atomic E-state index is 2.49. The zero-order chi connectivity index (χ0) is 38.6. The third-order valence-electron chi connectivity index (χ3n) is 11.4. The standard InChI is InChI=1S/C54H50N2/c1-53(2,3)51-45-33-31-41(55(39-23-9-7-10-24-39)49-29-17-21-37-19-13-15-27-43(37)49)35-47(45)52(54(4,5)6)48-36-42(32-34-46(48)51)56(40-25-11-8-12-26-40)50-30-18-22-38-20-14-16-28-44(38)50/h7-15,17-27,29-36H,16,28H2,1-6H3. The molecule has 0 amide bonds. The third kappa shape index (κ3) is 6.24. The van der Waals surface area contributed by atoms with Crippen molar-refractivity contribution in [1.82, 2.24) is 0 Å². The van der Waals surface area contributed by atoms with E-state index in [1.807, 2.05) is 0 Å². The van der Waals surface area contributed by atoms with Crippen LogP contribution in [0, 0.1) is 0 Å². The van der Waals surface area contributed by atoms with E-state index in [0.717, 1.165) is 24.2 Å². The molecule has 0 fully saturated rings. The fourth-order valence-electron chi connectivity index (χ4n) is 9.18. The molecule has 276 valence electrons. The Balaban J connectivity index is 1.35. The van der Waals surface area contributed by atoms with Gasteiger partial charge in [-0.25, -0.2) is 0 Å². The van der Waals surface area contributed by atoms with Crippen molar-refractivity contribution in [1.29, 1.82) is 0 Å². The van der Waals surface area contributed by atoms with E-state index in [1.54, 1.807) is 0 Å². The van der Waals surface area contributed by atoms with Gasteiger partial charge in [0.15, 0.2) is 0 Å². The van der Waals surface area contributed by atoms with Gasteiger partial charge in [0.05, 0.1) is 5.69 Å². The van der Waals surface area contributed by atoms with Crippen molar-refractivity contribution in [2.24, 2.45) is 0 Å². The molecule has 8 aromatic rings. The number of anilines is 6. The Morgan fingerprint density at radius 3 is 1.52 bits per heavy atom. The highest BCUT2D eigenvalue weighted by Crippen LogP contribution is 2.49. The van der Waals surface area contributed by atoms with E-state index >= 15 is 0 Å². The van der Waals surface area contributed by atoms with Gasteiger partial charge >= 0.3 is 0 Å². The van der Waals surface area contributed by atoms with Crippen LogP contribution in [-0.2, 0) is 17.3 Å². The first-order valence-electron chi connectivity index (χ1n) is 20.1. The van der Waals surface area contributed by atoms with E-state index in [1.165, 1.54) is 77.3 Å². The number of fused-ring (bicyclic) bond motifs is 4. The van der Waals surface area contributed by atoms with Crippen molar-refractivity contribution in [2.45, 2.75) is 65.2 Å². The molecule has 0 N–H and O–H groups in total. The molecule has 0 aromatic heterocycles. The average molecular weight is 727 g/mol. The molecule has 2 nitrogen and oxygen atoms in total. The normalized spacial score (nSPS) is 13.0. The minimum absolute atomic E-state index is 0.103. The van der Waals surface area contributed by atoms with E-state index in [-0.39, 0.29) is 10.8 Å². The van der Waals surface area contributed by atoms with E-state index < -0.39 is 0 Å². The van der Waals surface area contributed by atoms with Crippen molar-refractivity contribution in [3.63, 3.8) is 0 Å². The zero-order valence-electron chi connectivity index (χ0n) is 33.5. The van der Waals surface area contributed by atoms with Crippen LogP contribution in [0.2, 0.25) is 0 Å². The van der Waals surface area contributed by atoms with Gasteiger partial charge in [-0.2, -0.15) is 0 Å². The van der Waals surface area contributed by atoms with Crippen LogP contribution in [0.25, 0.3) is 38.4 Å². The Labute approximate surface area is 332 Å². The van der Waals surface area contributed by atoms with Gasteiger partial charge in [0.1, 0.15) is 0 Å². The van der Waals surface area contributed by atoms with Crippen molar-refractivity contribution < 1.29 is 0 Å². The highest BCUT2D eigenvalue weighted by Gasteiger charge is 2.30. The van der Waals surface area contributed by atoms with E-state index in [4.69, 9.17) is 0 Å². The second kappa shape index (κ2) is 13.9. The van der Waals surface area contributed by atoms with Crippen LogP contribution in [0.1, 0.15) is 70.2 Å². The smallest absolute Gasteiger partial charge is 0.0540 e. The van der Waals surface area contributed by atoms with Crippen LogP contribution in [-0.4, -0.2) is 0 Å². The summed E-state index contributed by atoms with van der Waals surface area (Å²) in [7, 11) is 0. The van der Waals surface area contributed by atoms with Gasteiger partial charge in [0.2, 0.25) is 0 Å². The lowest BCUT2D eigenvalue weighted by Gasteiger charge is -2.33. The summed E-state index contributed by atoms with van der Waals surface area (Å²) in [5.41, 5.74) is 12.3. The molecule has 0 bridgehead atoms. The van der Waals surface area contributed by atoms with Gasteiger partial charge in [-0.05, 0) is 134 Å². The Morgan fingerprint density at radius 2 is 0.911 bits per heavy atom. The lowest BCUT2D eigenvalue weighted by atomic mass is 9.74. The number of rotatable bonds is 6. The molecule has 0 aliphatic heterocycles. The van der Waals surface area contributed by atoms with Gasteiger partial charge in [-0.1, -0.05) is 151 Å². The molecule has 0 radical (unpaired) electrons. The molecule has 0 spiro atoms. The quantitative estimate of drug-likeness (QED) is 0.157. The summed E-state index contributed by atoms with van der Waals surface area (Å²) in [5.74, 6) is 0. The first-order chi connectivity index (χ1) is 27.1. The minimum Gasteiger partial charge on any atom is -0.310 e. The SMILES string of the molecule is CC(C)(C)c1c2ccc(N(c3ccccc3)c3cccc4c3CCC=C4)cc2c(C(C)(C)C)c2cc(N(c3ccccc3)c3cccc4ccccc34)ccc12. The van der Waals surface area contributed by atoms with Crippen molar-refractivity contribution >= 4 is 72.5 Å². The van der Waals surface area contributed by atoms with E-state index in [9.17, 15) is 0 Å². The van der Waals surface area contributed by atoms with Gasteiger partial charge in [-0.15, -0.1) is 0 Å². The lowest BCUT2D eigenvalue weighted by molar-refractivity contribution is 0.593. The molecule has 1 aliphatic carbocycles. The summed E-state index contributed by atoms with van der Waals surface area (Å²) >= 11 is 0. The molecule has 0 heterocycles. The second-order valence-corrected chi connectivity index (χ2v) is 17.3. The minimum atomic E-state index is -0.157. The molecule has 1 aliphatic rings. The summed E-state index contributed by atoms with van der Waals surface area (Å²) in [4.78, 5) is 4.93. The summed E-state index contributed by atoms with van der Waals surface area (Å²) in [5, 5.41) is 7.72. The molecule has 8 aromatic carbocycles. The lowest BCUT2D eigenvalue weighted by Crippen LogP contribution is -2.19. The number of hydrogen-bond acceptors (Lipinski definition) is 2. The van der Waals surface area contributed by atoms with Crippen molar-refractivity contribution in [3.8, 4) is 0 Å². The largest absolute Gasteiger partial charge is 0.310 e. The van der Waals surface area contributed by atoms with Crippen molar-refractivity contribution in [3.05, 3.63) is 186 Å². The van der Waals surface area contributed by atoms with Crippen LogP contribution in [0.4, 0.5) is 34.1 Å². The Morgan fingerprint density at radius 1 is 0.411 bits per heavy atom. The predicted molar refractivity (Wildman–Crippen MR) is 243 cm³/mol. The van der Waals surface area contributed by atoms with Gasteiger partial charge in [0.25, 0.3) is 0 Å². The maximum Gasteiger partial charge on any atom is 0.0540 e. The summed E-state index contributed by atoms with van der Waals surface area (Å²) in [6.07, 6.45) is 6.68. The average Bonchev–Trinajstić information content (AvgIpc) is 3.20. The molecular weight excluding hydrogens is 677 g/mol. The van der Waals surface area contributed by atoms with Gasteiger partial charge < -0.3 is 9.80 Å². The maximum atomic E-state index is 2.49. The fraction of sp³-hybridized carbons (Fsp3) is 0.185. The van der Waals surface area contributed by atoms with E-state index in [0.29, 0.717) is 0 Å². The summed E-state index contributed by atoms with van der Waals surface area (Å²) in [6.45, 7) is 14.2. The number of hydrogen-bond donors (Lipinski definition) is 0. The molecule has 56 heavy (non-hydrogen) atoms. The van der Waals surface area contributed by atoms with Crippen LogP contribution in [0.5, 0.6) is 0 Å². The topological polar surface area (TPSA) is 6.48 Å². The molecule has 0 saturated carbocycles. The highest BCUT2D eigenvalue weighted by molar-refractivity contribution is 6.10. The number of nitrogens with zero attached hydrogens (tertiary/aromatic N) is 2. The first kappa shape index (κ1) is 35.6. The van der Waals surface area contributed by atoms with Crippen LogP contribution >= 0.6 is 0 Å². The van der Waals surface area contributed by atoms with Crippen molar-refractivity contribution in [2.75, 3.05) is 9.80 Å². The first-order valence-corrected chi connectivity index (χ1v) is 20.1. The number of allylic oxidation sites excluding steroid dienone is 1. The predicted octanol–water partition coefficient (Wildman–Crippen LogP) is 15.6. The van der Waals surface area contributed by atoms with E-state index in [2.05, 4.69) is 221 Å². The Bertz CT molecular complexity index is 2760. The highest BCUT2D eigenvalue weighted by atomic mass is 15.1. The molecule has 0 saturated heterocycles. The molecular formula is C54H50N2. The molecule has 0 unspecified atom stereocenters. The van der Waals surface area contributed by atoms with Gasteiger partial charge in [0, 0.05) is 33.8 Å². The molecule has 2 heteroatoms. The van der Waals surface area contributed by atoms with Crippen LogP contribution in [0.3, 0.4) is 0 Å². The molecule has 9 rings (SSSR count). The van der Waals surface area contributed by atoms with Gasteiger partial charge in [-0.3, -0.25) is 0 Å². The second-order valence-electron chi connectivity index (χ2n) is 17.3. The third-order valence-corrected chi connectivity index (χ3v) is 11.4. The fourth-order valence-corrected chi connectivity index (χ4v) is 9.18. The monoisotopic (exact) mass is 726 g/mol. The van der Waals surface area contributed by atoms with Crippen LogP contribution in [0.15, 0.2) is 164 Å². The number of para-hydroxylation sites is 2. The molecule has 0 atom stereocenters. The Kier molecular flexibility index (Phi) is 8.81. The zero-order valence-corrected chi connectivity index (χ0v) is 33.5. The number of benzene rings is 8. The summed E-state index contributed by atoms with van der Waals surface area (Å²) in [6, 6.07) is 58.3.